The van der Waals surface area contributed by atoms with Crippen molar-refractivity contribution in [1.29, 1.82) is 0 Å². The van der Waals surface area contributed by atoms with Crippen LogP contribution in [0, 0.1) is 11.3 Å². The summed E-state index contributed by atoms with van der Waals surface area (Å²) in [6, 6.07) is 0. The van der Waals surface area contributed by atoms with Gasteiger partial charge in [0.15, 0.2) is 5.78 Å². The molecule has 0 heterocycles. The van der Waals surface area contributed by atoms with Gasteiger partial charge in [0.1, 0.15) is 0 Å². The molecule has 0 N–H and O–H groups in total. The van der Waals surface area contributed by atoms with Gasteiger partial charge in [0, 0.05) is 12.0 Å². The molecule has 0 bridgehead atoms. The minimum absolute atomic E-state index is 0.191. The Balaban J connectivity index is 2.28. The molecule has 15 heavy (non-hydrogen) atoms. The highest BCUT2D eigenvalue weighted by atomic mass is 16.1. The summed E-state index contributed by atoms with van der Waals surface area (Å²) in [5.74, 6) is 1.19. The van der Waals surface area contributed by atoms with Crippen LogP contribution in [0.15, 0.2) is 0 Å². The molecule has 88 valence electrons. The summed E-state index contributed by atoms with van der Waals surface area (Å²) < 4.78 is 0. The van der Waals surface area contributed by atoms with Gasteiger partial charge in [-0.05, 0) is 25.8 Å². The molecule has 0 saturated heterocycles. The SMILES string of the molecule is CN(CC(=O)C(C)(C)C)CC1CCCC1. The lowest BCUT2D eigenvalue weighted by Gasteiger charge is -2.24. The maximum atomic E-state index is 11.8. The maximum absolute atomic E-state index is 11.8. The molecule has 2 heteroatoms. The van der Waals surface area contributed by atoms with Crippen LogP contribution in [0.3, 0.4) is 0 Å². The molecule has 0 radical (unpaired) electrons. The Morgan fingerprint density at radius 2 is 1.80 bits per heavy atom. The van der Waals surface area contributed by atoms with Crippen molar-refractivity contribution < 1.29 is 4.79 Å². The third-order valence-corrected chi connectivity index (χ3v) is 3.29. The van der Waals surface area contributed by atoms with Crippen molar-refractivity contribution >= 4 is 5.78 Å². The van der Waals surface area contributed by atoms with Crippen LogP contribution in [-0.4, -0.2) is 30.8 Å². The average molecular weight is 211 g/mol. The van der Waals surface area contributed by atoms with Crippen LogP contribution in [0.5, 0.6) is 0 Å². The van der Waals surface area contributed by atoms with Gasteiger partial charge in [-0.3, -0.25) is 9.69 Å². The quantitative estimate of drug-likeness (QED) is 0.712. The number of likely N-dealkylation sites (N-methyl/N-ethyl adjacent to an activating group) is 1. The van der Waals surface area contributed by atoms with Crippen LogP contribution in [0.4, 0.5) is 0 Å². The van der Waals surface area contributed by atoms with Crippen LogP contribution in [0.2, 0.25) is 0 Å². The van der Waals surface area contributed by atoms with Crippen LogP contribution >= 0.6 is 0 Å². The zero-order valence-corrected chi connectivity index (χ0v) is 10.7. The lowest BCUT2D eigenvalue weighted by Crippen LogP contribution is -2.35. The van der Waals surface area contributed by atoms with E-state index in [2.05, 4.69) is 11.9 Å². The number of hydrogen-bond acceptors (Lipinski definition) is 2. The minimum atomic E-state index is -0.191. The van der Waals surface area contributed by atoms with Gasteiger partial charge in [-0.2, -0.15) is 0 Å². The van der Waals surface area contributed by atoms with E-state index in [0.717, 1.165) is 12.5 Å². The second kappa shape index (κ2) is 5.11. The van der Waals surface area contributed by atoms with E-state index < -0.39 is 0 Å². The Kier molecular flexibility index (Phi) is 4.32. The molecule has 0 amide bonds. The minimum Gasteiger partial charge on any atom is -0.299 e. The van der Waals surface area contributed by atoms with Crippen LogP contribution in [-0.2, 0) is 4.79 Å². The van der Waals surface area contributed by atoms with E-state index in [1.807, 2.05) is 20.8 Å². The molecule has 1 aliphatic rings. The molecule has 0 aromatic rings. The van der Waals surface area contributed by atoms with E-state index in [1.165, 1.54) is 25.7 Å². The molecule has 0 aliphatic heterocycles. The first-order valence-electron chi connectivity index (χ1n) is 6.11. The Labute approximate surface area is 94.0 Å². The second-order valence-corrected chi connectivity index (χ2v) is 6.02. The van der Waals surface area contributed by atoms with Gasteiger partial charge in [-0.15, -0.1) is 0 Å². The predicted octanol–water partition coefficient (Wildman–Crippen LogP) is 2.72. The summed E-state index contributed by atoms with van der Waals surface area (Å²) in [7, 11) is 2.07. The number of nitrogens with zero attached hydrogens (tertiary/aromatic N) is 1. The van der Waals surface area contributed by atoms with Crippen molar-refractivity contribution in [2.75, 3.05) is 20.1 Å². The van der Waals surface area contributed by atoms with E-state index in [0.29, 0.717) is 12.3 Å². The fourth-order valence-corrected chi connectivity index (χ4v) is 2.18. The zero-order chi connectivity index (χ0) is 11.5. The number of Topliss-reactive ketones (excluding diaryl/α,β-unsaturated/α-hetero) is 1. The van der Waals surface area contributed by atoms with E-state index in [9.17, 15) is 4.79 Å². The summed E-state index contributed by atoms with van der Waals surface area (Å²) in [6.45, 7) is 7.71. The number of carbonyl (C=O) groups excluding carboxylic acids is 1. The predicted molar refractivity (Wildman–Crippen MR) is 63.9 cm³/mol. The highest BCUT2D eigenvalue weighted by Gasteiger charge is 2.24. The van der Waals surface area contributed by atoms with Gasteiger partial charge < -0.3 is 0 Å². The Morgan fingerprint density at radius 1 is 1.27 bits per heavy atom. The smallest absolute Gasteiger partial charge is 0.152 e. The third kappa shape index (κ3) is 4.33. The molecular weight excluding hydrogens is 186 g/mol. The first-order chi connectivity index (χ1) is 6.89. The second-order valence-electron chi connectivity index (χ2n) is 6.02. The van der Waals surface area contributed by atoms with Gasteiger partial charge >= 0.3 is 0 Å². The van der Waals surface area contributed by atoms with Gasteiger partial charge in [0.05, 0.1) is 6.54 Å². The monoisotopic (exact) mass is 211 g/mol. The molecule has 0 aromatic carbocycles. The fourth-order valence-electron chi connectivity index (χ4n) is 2.18. The highest BCUT2D eigenvalue weighted by Crippen LogP contribution is 2.25. The zero-order valence-electron chi connectivity index (χ0n) is 10.7. The summed E-state index contributed by atoms with van der Waals surface area (Å²) >= 11 is 0. The van der Waals surface area contributed by atoms with Crippen LogP contribution in [0.1, 0.15) is 46.5 Å². The molecule has 1 fully saturated rings. The average Bonchev–Trinajstić information content (AvgIpc) is 2.54. The van der Waals surface area contributed by atoms with Crippen molar-refractivity contribution in [1.82, 2.24) is 4.90 Å². The molecular formula is C13H25NO. The Morgan fingerprint density at radius 3 is 2.27 bits per heavy atom. The summed E-state index contributed by atoms with van der Waals surface area (Å²) in [6.07, 6.45) is 5.47. The normalized spacial score (nSPS) is 18.7. The molecule has 1 saturated carbocycles. The van der Waals surface area contributed by atoms with Gasteiger partial charge in [-0.25, -0.2) is 0 Å². The van der Waals surface area contributed by atoms with E-state index >= 15 is 0 Å². The van der Waals surface area contributed by atoms with Crippen molar-refractivity contribution in [2.45, 2.75) is 46.5 Å². The molecule has 0 atom stereocenters. The molecule has 1 rings (SSSR count). The molecule has 0 aromatic heterocycles. The highest BCUT2D eigenvalue weighted by molar-refractivity contribution is 5.85. The lowest BCUT2D eigenvalue weighted by atomic mass is 9.90. The van der Waals surface area contributed by atoms with E-state index in [-0.39, 0.29) is 5.41 Å². The van der Waals surface area contributed by atoms with E-state index in [4.69, 9.17) is 0 Å². The van der Waals surface area contributed by atoms with Crippen molar-refractivity contribution in [3.05, 3.63) is 0 Å². The van der Waals surface area contributed by atoms with Crippen molar-refractivity contribution in [3.63, 3.8) is 0 Å². The molecule has 1 aliphatic carbocycles. The van der Waals surface area contributed by atoms with Crippen LogP contribution < -0.4 is 0 Å². The first-order valence-corrected chi connectivity index (χ1v) is 6.11. The Hall–Kier alpha value is -0.370. The fraction of sp³-hybridized carbons (Fsp3) is 0.923. The summed E-state index contributed by atoms with van der Waals surface area (Å²) in [5.41, 5.74) is -0.191. The third-order valence-electron chi connectivity index (χ3n) is 3.29. The number of rotatable bonds is 4. The molecule has 0 unspecified atom stereocenters. The van der Waals surface area contributed by atoms with Gasteiger partial charge in [0.2, 0.25) is 0 Å². The number of carbonyl (C=O) groups is 1. The number of hydrogen-bond donors (Lipinski definition) is 0. The topological polar surface area (TPSA) is 20.3 Å². The van der Waals surface area contributed by atoms with Crippen LogP contribution in [0.25, 0.3) is 0 Å². The van der Waals surface area contributed by atoms with Crippen molar-refractivity contribution in [2.24, 2.45) is 11.3 Å². The largest absolute Gasteiger partial charge is 0.299 e. The number of ketones is 1. The molecule has 0 spiro atoms. The lowest BCUT2D eigenvalue weighted by molar-refractivity contribution is -0.127. The van der Waals surface area contributed by atoms with Gasteiger partial charge in [0.25, 0.3) is 0 Å². The molecule has 2 nitrogen and oxygen atoms in total. The first kappa shape index (κ1) is 12.7. The van der Waals surface area contributed by atoms with Gasteiger partial charge in [-0.1, -0.05) is 33.6 Å². The summed E-state index contributed by atoms with van der Waals surface area (Å²) in [4.78, 5) is 14.0. The standard InChI is InChI=1S/C13H25NO/c1-13(2,3)12(15)10-14(4)9-11-7-5-6-8-11/h11H,5-10H2,1-4H3. The Bertz CT molecular complexity index is 211. The maximum Gasteiger partial charge on any atom is 0.152 e. The van der Waals surface area contributed by atoms with E-state index in [1.54, 1.807) is 0 Å². The van der Waals surface area contributed by atoms with Crippen molar-refractivity contribution in [3.8, 4) is 0 Å². The summed E-state index contributed by atoms with van der Waals surface area (Å²) in [5, 5.41) is 0.